The van der Waals surface area contributed by atoms with Gasteiger partial charge in [-0.05, 0) is 50.7 Å². The van der Waals surface area contributed by atoms with Crippen LogP contribution in [0, 0.1) is 0 Å². The number of alkyl halides is 3. The van der Waals surface area contributed by atoms with Gasteiger partial charge in [-0.25, -0.2) is 0 Å². The van der Waals surface area contributed by atoms with Gasteiger partial charge in [-0.1, -0.05) is 31.0 Å². The first-order valence-corrected chi connectivity index (χ1v) is 11.6. The summed E-state index contributed by atoms with van der Waals surface area (Å²) in [6, 6.07) is 7.65. The zero-order valence-corrected chi connectivity index (χ0v) is 20.9. The zero-order valence-electron chi connectivity index (χ0n) is 18.5. The van der Waals surface area contributed by atoms with Crippen molar-refractivity contribution in [2.75, 3.05) is 19.6 Å². The molecule has 1 heterocycles. The Hall–Kier alpha value is -1.23. The summed E-state index contributed by atoms with van der Waals surface area (Å²) in [5, 5.41) is 7.00. The number of nitrogens with zero attached hydrogens (tertiary/aromatic N) is 2. The number of hydrogen-bond donors (Lipinski definition) is 2. The van der Waals surface area contributed by atoms with Crippen LogP contribution in [0.15, 0.2) is 29.3 Å². The summed E-state index contributed by atoms with van der Waals surface area (Å²) in [6.07, 6.45) is 3.67. The minimum absolute atomic E-state index is 0. The molecular formula is C23H34F3IN4O. The van der Waals surface area contributed by atoms with Crippen LogP contribution in [0.4, 0.5) is 13.2 Å². The van der Waals surface area contributed by atoms with Gasteiger partial charge in [-0.15, -0.1) is 37.1 Å². The van der Waals surface area contributed by atoms with Gasteiger partial charge in [0.1, 0.15) is 5.75 Å². The lowest BCUT2D eigenvalue weighted by molar-refractivity contribution is -0.274. The molecule has 0 amide bonds. The van der Waals surface area contributed by atoms with Crippen LogP contribution in [-0.4, -0.2) is 55.0 Å². The number of hydrogen-bond acceptors (Lipinski definition) is 3. The molecule has 180 valence electrons. The fourth-order valence-electron chi connectivity index (χ4n) is 5.04. The van der Waals surface area contributed by atoms with Crippen molar-refractivity contribution < 1.29 is 17.9 Å². The number of halogens is 4. The van der Waals surface area contributed by atoms with Crippen LogP contribution in [0.1, 0.15) is 63.4 Å². The maximum atomic E-state index is 12.7. The number of rotatable bonds is 6. The van der Waals surface area contributed by atoms with E-state index in [0.29, 0.717) is 18.2 Å². The summed E-state index contributed by atoms with van der Waals surface area (Å²) < 4.78 is 42.4. The summed E-state index contributed by atoms with van der Waals surface area (Å²) in [4.78, 5) is 7.22. The summed E-state index contributed by atoms with van der Waals surface area (Å²) >= 11 is 0. The highest BCUT2D eigenvalue weighted by atomic mass is 127. The molecule has 1 aromatic rings. The first-order valence-electron chi connectivity index (χ1n) is 11.6. The molecule has 1 saturated heterocycles. The van der Waals surface area contributed by atoms with E-state index in [9.17, 15) is 13.2 Å². The third kappa shape index (κ3) is 6.88. The van der Waals surface area contributed by atoms with Crippen molar-refractivity contribution in [3.8, 4) is 5.75 Å². The van der Waals surface area contributed by atoms with Crippen LogP contribution in [0.25, 0.3) is 0 Å². The van der Waals surface area contributed by atoms with E-state index in [1.165, 1.54) is 31.7 Å². The average molecular weight is 566 g/mol. The highest BCUT2D eigenvalue weighted by Gasteiger charge is 2.42. The molecule has 5 nitrogen and oxygen atoms in total. The van der Waals surface area contributed by atoms with E-state index in [-0.39, 0.29) is 41.7 Å². The number of para-hydroxylation sites is 1. The van der Waals surface area contributed by atoms with E-state index in [2.05, 4.69) is 25.3 Å². The van der Waals surface area contributed by atoms with Crippen molar-refractivity contribution in [3.05, 3.63) is 29.8 Å². The molecule has 1 aliphatic heterocycles. The smallest absolute Gasteiger partial charge is 0.405 e. The lowest BCUT2D eigenvalue weighted by atomic mass is 10.0. The van der Waals surface area contributed by atoms with Gasteiger partial charge in [0.25, 0.3) is 0 Å². The lowest BCUT2D eigenvalue weighted by Crippen LogP contribution is -2.50. The van der Waals surface area contributed by atoms with Crippen molar-refractivity contribution >= 4 is 29.9 Å². The number of likely N-dealkylation sites (tertiary alicyclic amines) is 1. The van der Waals surface area contributed by atoms with Gasteiger partial charge in [0.2, 0.25) is 0 Å². The van der Waals surface area contributed by atoms with E-state index in [0.717, 1.165) is 44.4 Å². The summed E-state index contributed by atoms with van der Waals surface area (Å²) in [5.41, 5.74) is 0.595. The number of aliphatic imine (C=N–C) groups is 1. The van der Waals surface area contributed by atoms with Crippen LogP contribution in [0.2, 0.25) is 0 Å². The molecule has 0 spiro atoms. The largest absolute Gasteiger partial charge is 0.573 e. The quantitative estimate of drug-likeness (QED) is 0.289. The Morgan fingerprint density at radius 1 is 1.09 bits per heavy atom. The maximum absolute atomic E-state index is 12.7. The summed E-state index contributed by atoms with van der Waals surface area (Å²) in [6.45, 7) is 4.89. The number of guanidine groups is 1. The summed E-state index contributed by atoms with van der Waals surface area (Å²) in [5.74, 6) is 0.653. The lowest BCUT2D eigenvalue weighted by Gasteiger charge is -2.36. The van der Waals surface area contributed by atoms with Gasteiger partial charge in [0.15, 0.2) is 5.96 Å². The van der Waals surface area contributed by atoms with Crippen LogP contribution < -0.4 is 15.4 Å². The second kappa shape index (κ2) is 11.3. The highest BCUT2D eigenvalue weighted by molar-refractivity contribution is 14.0. The Bertz CT molecular complexity index is 762. The molecule has 32 heavy (non-hydrogen) atoms. The fraction of sp³-hybridized carbons (Fsp3) is 0.696. The van der Waals surface area contributed by atoms with Gasteiger partial charge in [-0.2, -0.15) is 0 Å². The van der Waals surface area contributed by atoms with Gasteiger partial charge in [0, 0.05) is 43.7 Å². The molecule has 0 bridgehead atoms. The third-order valence-corrected chi connectivity index (χ3v) is 6.68. The predicted octanol–water partition coefficient (Wildman–Crippen LogP) is 5.02. The van der Waals surface area contributed by atoms with Crippen molar-refractivity contribution in [3.63, 3.8) is 0 Å². The van der Waals surface area contributed by atoms with Crippen LogP contribution in [0.3, 0.4) is 0 Å². The molecule has 3 aliphatic rings. The first kappa shape index (κ1) is 25.4. The number of nitrogens with one attached hydrogen (secondary N) is 2. The third-order valence-electron chi connectivity index (χ3n) is 6.68. The SMILES string of the molecule is CCN=C(NC1CCN(C2CCCC2)CC1)NC1CC1c1ccccc1OC(F)(F)F.I. The van der Waals surface area contributed by atoms with Crippen LogP contribution in [-0.2, 0) is 0 Å². The molecule has 2 saturated carbocycles. The Labute approximate surface area is 205 Å². The standard InChI is InChI=1S/C23H33F3N4O.HI/c1-2-27-22(28-16-11-13-30(14-12-16)17-7-3-4-8-17)29-20-15-19(20)18-9-5-6-10-21(18)31-23(24,25)26;/h5-6,9-10,16-17,19-20H,2-4,7-8,11-15H2,1H3,(H2,27,28,29);1H. The number of benzene rings is 1. The number of piperidine rings is 1. The molecule has 2 atom stereocenters. The van der Waals surface area contributed by atoms with E-state index < -0.39 is 6.36 Å². The van der Waals surface area contributed by atoms with Gasteiger partial charge >= 0.3 is 6.36 Å². The molecule has 2 unspecified atom stereocenters. The second-order valence-electron chi connectivity index (χ2n) is 8.89. The van der Waals surface area contributed by atoms with E-state index in [1.54, 1.807) is 18.2 Å². The van der Waals surface area contributed by atoms with Crippen molar-refractivity contribution in [2.24, 2.45) is 4.99 Å². The van der Waals surface area contributed by atoms with Crippen LogP contribution in [0.5, 0.6) is 5.75 Å². The molecule has 0 radical (unpaired) electrons. The molecule has 2 N–H and O–H groups in total. The summed E-state index contributed by atoms with van der Waals surface area (Å²) in [7, 11) is 0. The van der Waals surface area contributed by atoms with Gasteiger partial charge in [0.05, 0.1) is 0 Å². The molecular weight excluding hydrogens is 532 g/mol. The first-order chi connectivity index (χ1) is 14.9. The molecule has 3 fully saturated rings. The number of ether oxygens (including phenoxy) is 1. The van der Waals surface area contributed by atoms with Crippen molar-refractivity contribution in [1.29, 1.82) is 0 Å². The van der Waals surface area contributed by atoms with E-state index >= 15 is 0 Å². The fourth-order valence-corrected chi connectivity index (χ4v) is 5.04. The normalized spacial score (nSPS) is 25.3. The monoisotopic (exact) mass is 566 g/mol. The second-order valence-corrected chi connectivity index (χ2v) is 8.89. The Morgan fingerprint density at radius 2 is 1.78 bits per heavy atom. The minimum atomic E-state index is -4.68. The predicted molar refractivity (Wildman–Crippen MR) is 131 cm³/mol. The van der Waals surface area contributed by atoms with Gasteiger partial charge in [-0.3, -0.25) is 4.99 Å². The molecule has 2 aliphatic carbocycles. The minimum Gasteiger partial charge on any atom is -0.405 e. The molecule has 0 aromatic heterocycles. The van der Waals surface area contributed by atoms with Crippen molar-refractivity contribution in [1.82, 2.24) is 15.5 Å². The topological polar surface area (TPSA) is 48.9 Å². The molecule has 9 heteroatoms. The van der Waals surface area contributed by atoms with Crippen molar-refractivity contribution in [2.45, 2.75) is 82.3 Å². The Morgan fingerprint density at radius 3 is 2.44 bits per heavy atom. The Balaban J connectivity index is 0.00000289. The van der Waals surface area contributed by atoms with E-state index in [4.69, 9.17) is 0 Å². The maximum Gasteiger partial charge on any atom is 0.573 e. The van der Waals surface area contributed by atoms with E-state index in [1.807, 2.05) is 6.92 Å². The Kier molecular flexibility index (Phi) is 8.94. The molecule has 1 aromatic carbocycles. The van der Waals surface area contributed by atoms with Crippen LogP contribution >= 0.6 is 24.0 Å². The highest BCUT2D eigenvalue weighted by Crippen LogP contribution is 2.45. The zero-order chi connectivity index (χ0) is 21.8. The average Bonchev–Trinajstić information content (AvgIpc) is 3.25. The van der Waals surface area contributed by atoms with Gasteiger partial charge < -0.3 is 20.3 Å². The molecule has 4 rings (SSSR count).